The number of para-hydroxylation sites is 1. The Morgan fingerprint density at radius 3 is 2.49 bits per heavy atom. The average molecular weight is 507 g/mol. The van der Waals surface area contributed by atoms with Gasteiger partial charge in [-0.15, -0.1) is 0 Å². The summed E-state index contributed by atoms with van der Waals surface area (Å²) in [5.41, 5.74) is -0.0963. The van der Waals surface area contributed by atoms with Crippen molar-refractivity contribution in [2.24, 2.45) is 0 Å². The minimum atomic E-state index is -4.53. The summed E-state index contributed by atoms with van der Waals surface area (Å²) < 4.78 is 44.2. The van der Waals surface area contributed by atoms with E-state index in [1.54, 1.807) is 54.4 Å². The van der Waals surface area contributed by atoms with Crippen molar-refractivity contribution in [1.82, 2.24) is 19.7 Å². The zero-order chi connectivity index (χ0) is 25.4. The second-order valence-electron chi connectivity index (χ2n) is 7.28. The number of aromatic nitrogens is 3. The number of hydrogen-bond acceptors (Lipinski definition) is 6. The lowest BCUT2D eigenvalue weighted by atomic mass is 10.2. The van der Waals surface area contributed by atoms with Crippen LogP contribution in [0.2, 0.25) is 5.02 Å². The van der Waals surface area contributed by atoms with Crippen molar-refractivity contribution in [3.8, 4) is 17.6 Å². The summed E-state index contributed by atoms with van der Waals surface area (Å²) in [6.07, 6.45) is -1.98. The Balaban J connectivity index is 0.000000198. The summed E-state index contributed by atoms with van der Waals surface area (Å²) in [6, 6.07) is 13.0. The van der Waals surface area contributed by atoms with Gasteiger partial charge in [-0.3, -0.25) is 4.79 Å². The van der Waals surface area contributed by atoms with Gasteiger partial charge in [0.15, 0.2) is 5.69 Å². The van der Waals surface area contributed by atoms with Crippen LogP contribution in [-0.2, 0) is 11.0 Å². The number of alkyl halides is 3. The molecule has 8 nitrogen and oxygen atoms in total. The molecule has 1 aromatic carbocycles. The van der Waals surface area contributed by atoms with E-state index in [9.17, 15) is 18.0 Å². The molecule has 3 heterocycles. The number of nitrogens with zero attached hydrogens (tertiary/aromatic N) is 6. The van der Waals surface area contributed by atoms with Crippen LogP contribution in [0.5, 0.6) is 5.88 Å². The molecule has 184 valence electrons. The fraction of sp³-hybridized carbons (Fsp3) is 0.304. The molecule has 0 atom stereocenters. The van der Waals surface area contributed by atoms with Crippen LogP contribution in [0, 0.1) is 11.3 Å². The van der Waals surface area contributed by atoms with Gasteiger partial charge < -0.3 is 14.5 Å². The average Bonchev–Trinajstić information content (AvgIpc) is 3.29. The number of carbonyl (C=O) groups is 1. The van der Waals surface area contributed by atoms with Crippen molar-refractivity contribution in [2.75, 3.05) is 37.7 Å². The molecule has 1 saturated heterocycles. The molecular weight excluding hydrogens is 485 g/mol. The molecule has 3 aromatic rings. The smallest absolute Gasteiger partial charge is 0.435 e. The number of halogens is 4. The van der Waals surface area contributed by atoms with Gasteiger partial charge in [0, 0.05) is 38.4 Å². The van der Waals surface area contributed by atoms with Gasteiger partial charge in [0.05, 0.1) is 22.9 Å². The van der Waals surface area contributed by atoms with Crippen LogP contribution in [0.3, 0.4) is 0 Å². The van der Waals surface area contributed by atoms with Crippen molar-refractivity contribution in [3.63, 3.8) is 0 Å². The second-order valence-corrected chi connectivity index (χ2v) is 7.68. The maximum absolute atomic E-state index is 12.7. The van der Waals surface area contributed by atoms with Gasteiger partial charge >= 0.3 is 6.18 Å². The molecule has 1 amide bonds. The molecular formula is C23H22ClF3N6O2. The Morgan fingerprint density at radius 2 is 1.89 bits per heavy atom. The van der Waals surface area contributed by atoms with Gasteiger partial charge in [-0.2, -0.15) is 28.2 Å². The highest BCUT2D eigenvalue weighted by Crippen LogP contribution is 2.33. The zero-order valence-corrected chi connectivity index (χ0v) is 19.5. The quantitative estimate of drug-likeness (QED) is 0.483. The van der Waals surface area contributed by atoms with Crippen molar-refractivity contribution in [3.05, 3.63) is 64.9 Å². The van der Waals surface area contributed by atoms with Gasteiger partial charge in [0.25, 0.3) is 0 Å². The zero-order valence-electron chi connectivity index (χ0n) is 18.7. The molecule has 1 aliphatic rings. The lowest BCUT2D eigenvalue weighted by molar-refractivity contribution is -0.141. The lowest BCUT2D eigenvalue weighted by Crippen LogP contribution is -2.46. The van der Waals surface area contributed by atoms with E-state index < -0.39 is 11.9 Å². The number of benzene rings is 1. The van der Waals surface area contributed by atoms with Gasteiger partial charge in [-0.1, -0.05) is 23.7 Å². The topological polar surface area (TPSA) is 87.3 Å². The third kappa shape index (κ3) is 6.42. The van der Waals surface area contributed by atoms with E-state index in [4.69, 9.17) is 21.6 Å². The lowest BCUT2D eigenvalue weighted by Gasteiger charge is -2.33. The van der Waals surface area contributed by atoms with Crippen molar-refractivity contribution >= 4 is 23.8 Å². The van der Waals surface area contributed by atoms with Gasteiger partial charge in [0.1, 0.15) is 11.9 Å². The monoisotopic (exact) mass is 506 g/mol. The SMILES string of the molecule is CCOc1cc(C(F)(F)F)nn1-c1ccccc1Cl.N#Cc1cccnc1N1CCN(C=O)CC1. The third-order valence-corrected chi connectivity index (χ3v) is 5.33. The van der Waals surface area contributed by atoms with E-state index in [1.807, 2.05) is 4.90 Å². The number of carbonyl (C=O) groups excluding carboxylic acids is 1. The van der Waals surface area contributed by atoms with E-state index in [0.717, 1.165) is 36.1 Å². The molecule has 0 spiro atoms. The molecule has 1 aliphatic heterocycles. The number of piperazine rings is 1. The van der Waals surface area contributed by atoms with E-state index in [1.165, 1.54) is 0 Å². The molecule has 0 bridgehead atoms. The third-order valence-electron chi connectivity index (χ3n) is 5.01. The number of amides is 1. The summed E-state index contributed by atoms with van der Waals surface area (Å²) in [5, 5.41) is 12.8. The molecule has 35 heavy (non-hydrogen) atoms. The molecule has 0 N–H and O–H groups in total. The first-order chi connectivity index (χ1) is 16.8. The largest absolute Gasteiger partial charge is 0.478 e. The van der Waals surface area contributed by atoms with Crippen molar-refractivity contribution in [1.29, 1.82) is 5.26 Å². The van der Waals surface area contributed by atoms with E-state index >= 15 is 0 Å². The maximum atomic E-state index is 12.7. The maximum Gasteiger partial charge on any atom is 0.435 e. The van der Waals surface area contributed by atoms with Crippen LogP contribution >= 0.6 is 11.6 Å². The summed E-state index contributed by atoms with van der Waals surface area (Å²) in [4.78, 5) is 18.6. The summed E-state index contributed by atoms with van der Waals surface area (Å²) in [5.74, 6) is 0.721. The fourth-order valence-electron chi connectivity index (χ4n) is 3.32. The van der Waals surface area contributed by atoms with Gasteiger partial charge in [-0.25, -0.2) is 4.98 Å². The standard InChI is InChI=1S/C12H10ClF3N2O.C11H12N4O/c1-2-19-11-7-10(12(14,15)16)17-18(11)9-6-4-3-5-8(9)13;12-8-10-2-1-3-13-11(10)15-6-4-14(9-16)5-7-15/h3-7H,2H2,1H3;1-3,9H,4-7H2. The first-order valence-electron chi connectivity index (χ1n) is 10.6. The highest BCUT2D eigenvalue weighted by Gasteiger charge is 2.35. The summed E-state index contributed by atoms with van der Waals surface area (Å²) in [7, 11) is 0. The van der Waals surface area contributed by atoms with E-state index in [2.05, 4.69) is 16.2 Å². The molecule has 4 rings (SSSR count). The van der Waals surface area contributed by atoms with Crippen molar-refractivity contribution < 1.29 is 22.7 Å². The highest BCUT2D eigenvalue weighted by molar-refractivity contribution is 6.32. The number of rotatable bonds is 5. The minimum Gasteiger partial charge on any atom is -0.478 e. The van der Waals surface area contributed by atoms with Crippen LogP contribution in [-0.4, -0.2) is 58.9 Å². The summed E-state index contributed by atoms with van der Waals surface area (Å²) in [6.45, 7) is 4.73. The Kier molecular flexibility index (Phi) is 8.54. The van der Waals surface area contributed by atoms with Crippen LogP contribution in [0.15, 0.2) is 48.7 Å². The molecule has 0 aliphatic carbocycles. The summed E-state index contributed by atoms with van der Waals surface area (Å²) >= 11 is 5.96. The molecule has 0 unspecified atom stereocenters. The number of nitriles is 1. The number of anilines is 1. The van der Waals surface area contributed by atoms with Crippen LogP contribution in [0.25, 0.3) is 5.69 Å². The minimum absolute atomic E-state index is 0.00271. The molecule has 12 heteroatoms. The Bertz CT molecular complexity index is 1190. The van der Waals surface area contributed by atoms with E-state index in [0.29, 0.717) is 29.4 Å². The van der Waals surface area contributed by atoms with Gasteiger partial charge in [0.2, 0.25) is 12.3 Å². The normalized spacial score (nSPS) is 13.5. The van der Waals surface area contributed by atoms with Gasteiger partial charge in [-0.05, 0) is 31.2 Å². The van der Waals surface area contributed by atoms with E-state index in [-0.39, 0.29) is 12.5 Å². The molecule has 0 saturated carbocycles. The predicted octanol–water partition coefficient (Wildman–Crippen LogP) is 4.17. The predicted molar refractivity (Wildman–Crippen MR) is 124 cm³/mol. The van der Waals surface area contributed by atoms with Crippen molar-refractivity contribution in [2.45, 2.75) is 13.1 Å². The number of ether oxygens (including phenoxy) is 1. The Labute approximate surface area is 205 Å². The first kappa shape index (κ1) is 25.8. The van der Waals surface area contributed by atoms with Crippen LogP contribution < -0.4 is 9.64 Å². The first-order valence-corrected chi connectivity index (χ1v) is 11.0. The second kappa shape index (κ2) is 11.6. The molecule has 1 fully saturated rings. The molecule has 0 radical (unpaired) electrons. The van der Waals surface area contributed by atoms with Crippen LogP contribution in [0.4, 0.5) is 19.0 Å². The number of hydrogen-bond donors (Lipinski definition) is 0. The number of pyridine rings is 1. The van der Waals surface area contributed by atoms with Crippen LogP contribution in [0.1, 0.15) is 18.2 Å². The Hall–Kier alpha value is -3.78. The Morgan fingerprint density at radius 1 is 1.17 bits per heavy atom. The molecule has 2 aromatic heterocycles. The highest BCUT2D eigenvalue weighted by atomic mass is 35.5. The fourth-order valence-corrected chi connectivity index (χ4v) is 3.54.